The lowest BCUT2D eigenvalue weighted by molar-refractivity contribution is -0.141. The molecule has 126 valence electrons. The van der Waals surface area contributed by atoms with Gasteiger partial charge < -0.3 is 9.64 Å². The molecule has 0 aliphatic carbocycles. The van der Waals surface area contributed by atoms with Gasteiger partial charge in [-0.15, -0.1) is 0 Å². The van der Waals surface area contributed by atoms with Crippen LogP contribution in [0, 0.1) is 0 Å². The third-order valence-corrected chi connectivity index (χ3v) is 4.69. The molecule has 1 unspecified atom stereocenters. The summed E-state index contributed by atoms with van der Waals surface area (Å²) in [4.78, 5) is 13.5. The molecular formula is C21H25NO2. The number of hydrogen-bond acceptors (Lipinski definition) is 3. The van der Waals surface area contributed by atoms with Crippen molar-refractivity contribution in [2.45, 2.75) is 31.3 Å². The van der Waals surface area contributed by atoms with Gasteiger partial charge in [-0.05, 0) is 37.6 Å². The molecule has 3 rings (SSSR count). The van der Waals surface area contributed by atoms with Crippen LogP contribution in [0.2, 0.25) is 0 Å². The zero-order valence-electron chi connectivity index (χ0n) is 14.2. The number of hydrogen-bond donors (Lipinski definition) is 0. The number of benzene rings is 2. The maximum atomic E-state index is 11.2. The van der Waals surface area contributed by atoms with E-state index in [0.29, 0.717) is 12.3 Å². The SMILES string of the molecule is CN(CCC(c1ccccc1)c1ccccc1)CC1CCC(=O)O1. The maximum absolute atomic E-state index is 11.2. The van der Waals surface area contributed by atoms with Crippen LogP contribution in [-0.4, -0.2) is 37.1 Å². The van der Waals surface area contributed by atoms with Crippen molar-refractivity contribution in [3.8, 4) is 0 Å². The molecule has 24 heavy (non-hydrogen) atoms. The topological polar surface area (TPSA) is 29.5 Å². The average Bonchev–Trinajstić information content (AvgIpc) is 3.02. The summed E-state index contributed by atoms with van der Waals surface area (Å²) in [6, 6.07) is 21.4. The average molecular weight is 323 g/mol. The van der Waals surface area contributed by atoms with Crippen molar-refractivity contribution in [3.63, 3.8) is 0 Å². The van der Waals surface area contributed by atoms with Gasteiger partial charge >= 0.3 is 5.97 Å². The number of likely N-dealkylation sites (N-methyl/N-ethyl adjacent to an activating group) is 1. The van der Waals surface area contributed by atoms with Crippen LogP contribution < -0.4 is 0 Å². The summed E-state index contributed by atoms with van der Waals surface area (Å²) in [5, 5.41) is 0. The molecule has 0 radical (unpaired) electrons. The second kappa shape index (κ2) is 8.11. The van der Waals surface area contributed by atoms with Crippen LogP contribution in [0.5, 0.6) is 0 Å². The molecule has 1 heterocycles. The minimum atomic E-state index is -0.0557. The van der Waals surface area contributed by atoms with E-state index in [1.165, 1.54) is 11.1 Å². The van der Waals surface area contributed by atoms with Crippen molar-refractivity contribution in [2.75, 3.05) is 20.1 Å². The van der Waals surface area contributed by atoms with Crippen molar-refractivity contribution in [1.82, 2.24) is 4.90 Å². The summed E-state index contributed by atoms with van der Waals surface area (Å²) in [6.45, 7) is 1.80. The summed E-state index contributed by atoms with van der Waals surface area (Å²) in [5.74, 6) is 0.334. The molecule has 3 nitrogen and oxygen atoms in total. The Balaban J connectivity index is 1.63. The first-order chi connectivity index (χ1) is 11.7. The van der Waals surface area contributed by atoms with Crippen molar-refractivity contribution in [3.05, 3.63) is 71.8 Å². The molecule has 2 aromatic rings. The van der Waals surface area contributed by atoms with Crippen LogP contribution in [0.4, 0.5) is 0 Å². The fourth-order valence-electron chi connectivity index (χ4n) is 3.40. The molecule has 1 atom stereocenters. The monoisotopic (exact) mass is 323 g/mol. The van der Waals surface area contributed by atoms with Crippen molar-refractivity contribution >= 4 is 5.97 Å². The highest BCUT2D eigenvalue weighted by molar-refractivity contribution is 5.71. The van der Waals surface area contributed by atoms with Crippen LogP contribution >= 0.6 is 0 Å². The minimum absolute atomic E-state index is 0.0557. The number of rotatable bonds is 7. The van der Waals surface area contributed by atoms with E-state index in [4.69, 9.17) is 4.74 Å². The van der Waals surface area contributed by atoms with Gasteiger partial charge in [0.2, 0.25) is 0 Å². The Morgan fingerprint density at radius 2 is 1.62 bits per heavy atom. The first-order valence-electron chi connectivity index (χ1n) is 8.70. The Hall–Kier alpha value is -2.13. The van der Waals surface area contributed by atoms with Crippen LogP contribution in [0.15, 0.2) is 60.7 Å². The summed E-state index contributed by atoms with van der Waals surface area (Å²) in [7, 11) is 2.11. The van der Waals surface area contributed by atoms with Gasteiger partial charge in [0.15, 0.2) is 0 Å². The van der Waals surface area contributed by atoms with Gasteiger partial charge in [0, 0.05) is 18.9 Å². The number of carbonyl (C=O) groups is 1. The van der Waals surface area contributed by atoms with Gasteiger partial charge in [0.05, 0.1) is 0 Å². The Morgan fingerprint density at radius 3 is 2.12 bits per heavy atom. The fourth-order valence-corrected chi connectivity index (χ4v) is 3.40. The third-order valence-electron chi connectivity index (χ3n) is 4.69. The quantitative estimate of drug-likeness (QED) is 0.725. The molecule has 1 saturated heterocycles. The standard InChI is InChI=1S/C21H25NO2/c1-22(16-19-12-13-21(23)24-19)15-14-20(17-8-4-2-5-9-17)18-10-6-3-7-11-18/h2-11,19-20H,12-16H2,1H3. The van der Waals surface area contributed by atoms with E-state index in [-0.39, 0.29) is 12.1 Å². The zero-order chi connectivity index (χ0) is 16.8. The summed E-state index contributed by atoms with van der Waals surface area (Å²) < 4.78 is 5.33. The van der Waals surface area contributed by atoms with Crippen LogP contribution in [0.25, 0.3) is 0 Å². The molecule has 2 aromatic carbocycles. The number of ether oxygens (including phenoxy) is 1. The molecule has 0 bridgehead atoms. The molecule has 0 saturated carbocycles. The Bertz CT molecular complexity index is 602. The predicted molar refractivity (Wildman–Crippen MR) is 96.0 cm³/mol. The lowest BCUT2D eigenvalue weighted by atomic mass is 9.88. The number of cyclic esters (lactones) is 1. The number of esters is 1. The molecule has 3 heteroatoms. The Labute approximate surface area is 144 Å². The number of nitrogens with zero attached hydrogens (tertiary/aromatic N) is 1. The van der Waals surface area contributed by atoms with Crippen LogP contribution in [-0.2, 0) is 9.53 Å². The van der Waals surface area contributed by atoms with E-state index >= 15 is 0 Å². The molecule has 1 aliphatic heterocycles. The minimum Gasteiger partial charge on any atom is -0.461 e. The van der Waals surface area contributed by atoms with Gasteiger partial charge in [-0.2, -0.15) is 0 Å². The van der Waals surface area contributed by atoms with Crippen molar-refractivity contribution in [2.24, 2.45) is 0 Å². The normalized spacial score (nSPS) is 17.5. The first-order valence-corrected chi connectivity index (χ1v) is 8.70. The van der Waals surface area contributed by atoms with Gasteiger partial charge in [0.25, 0.3) is 0 Å². The summed E-state index contributed by atoms with van der Waals surface area (Å²) in [5.41, 5.74) is 2.70. The predicted octanol–water partition coefficient (Wildman–Crippen LogP) is 3.85. The lowest BCUT2D eigenvalue weighted by Crippen LogP contribution is -2.30. The van der Waals surface area contributed by atoms with Gasteiger partial charge in [-0.3, -0.25) is 4.79 Å². The number of carbonyl (C=O) groups excluding carboxylic acids is 1. The largest absolute Gasteiger partial charge is 0.461 e. The second-order valence-electron chi connectivity index (χ2n) is 6.58. The van der Waals surface area contributed by atoms with Crippen molar-refractivity contribution in [1.29, 1.82) is 0 Å². The smallest absolute Gasteiger partial charge is 0.306 e. The van der Waals surface area contributed by atoms with Gasteiger partial charge in [-0.25, -0.2) is 0 Å². The van der Waals surface area contributed by atoms with Crippen molar-refractivity contribution < 1.29 is 9.53 Å². The van der Waals surface area contributed by atoms with Gasteiger partial charge in [0.1, 0.15) is 6.10 Å². The van der Waals surface area contributed by atoms with Crippen LogP contribution in [0.1, 0.15) is 36.3 Å². The van der Waals surface area contributed by atoms with E-state index in [1.54, 1.807) is 0 Å². The highest BCUT2D eigenvalue weighted by atomic mass is 16.5. The Morgan fingerprint density at radius 1 is 1.04 bits per heavy atom. The molecule has 0 amide bonds. The summed E-state index contributed by atoms with van der Waals surface area (Å²) in [6.07, 6.45) is 2.53. The van der Waals surface area contributed by atoms with E-state index in [1.807, 2.05) is 0 Å². The highest BCUT2D eigenvalue weighted by Gasteiger charge is 2.24. The lowest BCUT2D eigenvalue weighted by Gasteiger charge is -2.24. The highest BCUT2D eigenvalue weighted by Crippen LogP contribution is 2.28. The third kappa shape index (κ3) is 4.45. The van der Waals surface area contributed by atoms with E-state index in [2.05, 4.69) is 72.6 Å². The summed E-state index contributed by atoms with van der Waals surface area (Å²) >= 11 is 0. The van der Waals surface area contributed by atoms with E-state index in [0.717, 1.165) is 25.9 Å². The molecule has 0 spiro atoms. The zero-order valence-corrected chi connectivity index (χ0v) is 14.2. The maximum Gasteiger partial charge on any atom is 0.306 e. The first kappa shape index (κ1) is 16.7. The van der Waals surface area contributed by atoms with E-state index < -0.39 is 0 Å². The van der Waals surface area contributed by atoms with Gasteiger partial charge in [-0.1, -0.05) is 60.7 Å². The van der Waals surface area contributed by atoms with E-state index in [9.17, 15) is 4.79 Å². The molecule has 1 aliphatic rings. The molecule has 0 N–H and O–H groups in total. The second-order valence-corrected chi connectivity index (χ2v) is 6.58. The molecular weight excluding hydrogens is 298 g/mol. The Kier molecular flexibility index (Phi) is 5.65. The fraction of sp³-hybridized carbons (Fsp3) is 0.381. The van der Waals surface area contributed by atoms with Crippen LogP contribution in [0.3, 0.4) is 0 Å². The molecule has 1 fully saturated rings. The molecule has 0 aromatic heterocycles.